The van der Waals surface area contributed by atoms with E-state index in [4.69, 9.17) is 0 Å². The van der Waals surface area contributed by atoms with Crippen LogP contribution < -0.4 is 5.32 Å². The fraction of sp³-hybridized carbons (Fsp3) is 0.600. The molecule has 1 N–H and O–H groups in total. The predicted molar refractivity (Wildman–Crippen MR) is 64.4 cm³/mol. The Morgan fingerprint density at radius 2 is 2.43 bits per heavy atom. The lowest BCUT2D eigenvalue weighted by atomic mass is 10.3. The summed E-state index contributed by atoms with van der Waals surface area (Å²) in [5.74, 6) is 0.741. The Hall–Kier alpha value is -0.190. The Bertz CT molecular complexity index is 272. The molecule has 0 radical (unpaired) electrons. The highest BCUT2D eigenvalue weighted by Gasteiger charge is 2.02. The summed E-state index contributed by atoms with van der Waals surface area (Å²) in [5.41, 5.74) is 0. The average Bonchev–Trinajstić information content (AvgIpc) is 2.55. The van der Waals surface area contributed by atoms with E-state index in [-0.39, 0.29) is 0 Å². The maximum Gasteiger partial charge on any atom is 0.0383 e. The minimum Gasteiger partial charge on any atom is -0.313 e. The number of hydrogen-bond donors (Lipinski definition) is 1. The highest BCUT2D eigenvalue weighted by atomic mass is 32.2. The summed E-state index contributed by atoms with van der Waals surface area (Å²) < 4.78 is 10.9. The fourth-order valence-electron chi connectivity index (χ4n) is 1.31. The first kappa shape index (κ1) is 11.9. The summed E-state index contributed by atoms with van der Waals surface area (Å²) in [6.07, 6.45) is 2.82. The van der Waals surface area contributed by atoms with Gasteiger partial charge in [-0.3, -0.25) is 4.21 Å². The van der Waals surface area contributed by atoms with Gasteiger partial charge >= 0.3 is 0 Å². The summed E-state index contributed by atoms with van der Waals surface area (Å²) >= 11 is 1.79. The van der Waals surface area contributed by atoms with Crippen LogP contribution in [0, 0.1) is 0 Å². The molecular formula is C10H17NOS2. The van der Waals surface area contributed by atoms with Gasteiger partial charge in [-0.2, -0.15) is 0 Å². The zero-order valence-electron chi connectivity index (χ0n) is 8.66. The third-order valence-electron chi connectivity index (χ3n) is 1.93. The fourth-order valence-corrected chi connectivity index (χ4v) is 2.84. The van der Waals surface area contributed by atoms with E-state index in [1.54, 1.807) is 17.6 Å². The van der Waals surface area contributed by atoms with Gasteiger partial charge in [0.2, 0.25) is 0 Å². The Morgan fingerprint density at radius 1 is 1.64 bits per heavy atom. The van der Waals surface area contributed by atoms with Gasteiger partial charge in [-0.05, 0) is 24.8 Å². The standard InChI is InChI=1S/C10H17NOS2/c1-9(8-14(2)12)11-6-5-10-4-3-7-13-10/h3-4,7,9,11H,5-6,8H2,1-2H3. The summed E-state index contributed by atoms with van der Waals surface area (Å²) in [5, 5.41) is 5.46. The lowest BCUT2D eigenvalue weighted by Crippen LogP contribution is -2.32. The predicted octanol–water partition coefficient (Wildman–Crippen LogP) is 1.65. The third kappa shape index (κ3) is 4.88. The minimum absolute atomic E-state index is 0.348. The van der Waals surface area contributed by atoms with Gasteiger partial charge in [0.05, 0.1) is 0 Å². The maximum atomic E-state index is 10.9. The lowest BCUT2D eigenvalue weighted by molar-refractivity contribution is 0.590. The van der Waals surface area contributed by atoms with E-state index in [0.717, 1.165) is 18.7 Å². The van der Waals surface area contributed by atoms with E-state index in [2.05, 4.69) is 29.8 Å². The van der Waals surface area contributed by atoms with Crippen molar-refractivity contribution in [3.8, 4) is 0 Å². The SMILES string of the molecule is CC(CS(C)=O)NCCc1cccs1. The van der Waals surface area contributed by atoms with Crippen LogP contribution >= 0.6 is 11.3 Å². The molecular weight excluding hydrogens is 214 g/mol. The summed E-state index contributed by atoms with van der Waals surface area (Å²) in [4.78, 5) is 1.40. The first-order valence-electron chi connectivity index (χ1n) is 4.74. The molecule has 0 amide bonds. The number of nitrogens with one attached hydrogen (secondary N) is 1. The third-order valence-corrected chi connectivity index (χ3v) is 3.83. The quantitative estimate of drug-likeness (QED) is 0.806. The van der Waals surface area contributed by atoms with Gasteiger partial charge in [0.1, 0.15) is 0 Å². The molecule has 0 spiro atoms. The molecule has 4 heteroatoms. The van der Waals surface area contributed by atoms with Crippen molar-refractivity contribution in [3.63, 3.8) is 0 Å². The highest BCUT2D eigenvalue weighted by Crippen LogP contribution is 2.08. The van der Waals surface area contributed by atoms with Gasteiger partial charge in [0, 0.05) is 40.3 Å². The van der Waals surface area contributed by atoms with Crippen LogP contribution in [-0.4, -0.2) is 28.8 Å². The second kappa shape index (κ2) is 6.32. The molecule has 0 fully saturated rings. The second-order valence-corrected chi connectivity index (χ2v) is 5.94. The van der Waals surface area contributed by atoms with Crippen molar-refractivity contribution in [2.75, 3.05) is 18.6 Å². The molecule has 2 nitrogen and oxygen atoms in total. The van der Waals surface area contributed by atoms with Crippen LogP contribution in [0.2, 0.25) is 0 Å². The molecule has 2 atom stereocenters. The first-order valence-corrected chi connectivity index (χ1v) is 7.35. The van der Waals surface area contributed by atoms with Gasteiger partial charge in [0.25, 0.3) is 0 Å². The van der Waals surface area contributed by atoms with E-state index in [0.29, 0.717) is 6.04 Å². The number of rotatable bonds is 6. The molecule has 0 aromatic carbocycles. The molecule has 1 heterocycles. The lowest BCUT2D eigenvalue weighted by Gasteiger charge is -2.11. The molecule has 14 heavy (non-hydrogen) atoms. The van der Waals surface area contributed by atoms with Crippen LogP contribution in [0.1, 0.15) is 11.8 Å². The van der Waals surface area contributed by atoms with E-state index in [1.807, 2.05) is 0 Å². The largest absolute Gasteiger partial charge is 0.313 e. The van der Waals surface area contributed by atoms with E-state index < -0.39 is 10.8 Å². The zero-order valence-corrected chi connectivity index (χ0v) is 10.3. The maximum absolute atomic E-state index is 10.9. The van der Waals surface area contributed by atoms with Crippen LogP contribution in [0.3, 0.4) is 0 Å². The topological polar surface area (TPSA) is 29.1 Å². The van der Waals surface area contributed by atoms with E-state index in [1.165, 1.54) is 4.88 Å². The molecule has 0 saturated carbocycles. The average molecular weight is 231 g/mol. The molecule has 1 aromatic heterocycles. The highest BCUT2D eigenvalue weighted by molar-refractivity contribution is 7.84. The molecule has 1 rings (SSSR count). The normalized spacial score (nSPS) is 15.3. The van der Waals surface area contributed by atoms with Crippen molar-refractivity contribution in [3.05, 3.63) is 22.4 Å². The van der Waals surface area contributed by atoms with Crippen LogP contribution in [0.5, 0.6) is 0 Å². The van der Waals surface area contributed by atoms with Crippen molar-refractivity contribution >= 4 is 22.1 Å². The Labute approximate surface area is 92.2 Å². The monoisotopic (exact) mass is 231 g/mol. The van der Waals surface area contributed by atoms with Crippen molar-refractivity contribution in [2.45, 2.75) is 19.4 Å². The molecule has 0 aliphatic heterocycles. The summed E-state index contributed by atoms with van der Waals surface area (Å²) in [6.45, 7) is 3.05. The summed E-state index contributed by atoms with van der Waals surface area (Å²) in [7, 11) is -0.696. The van der Waals surface area contributed by atoms with E-state index in [9.17, 15) is 4.21 Å². The Morgan fingerprint density at radius 3 is 3.00 bits per heavy atom. The van der Waals surface area contributed by atoms with Crippen molar-refractivity contribution in [2.24, 2.45) is 0 Å². The molecule has 0 aliphatic rings. The second-order valence-electron chi connectivity index (χ2n) is 3.42. The van der Waals surface area contributed by atoms with Gasteiger partial charge in [-0.1, -0.05) is 6.07 Å². The molecule has 2 unspecified atom stereocenters. The molecule has 0 saturated heterocycles. The van der Waals surface area contributed by atoms with Crippen LogP contribution in [-0.2, 0) is 17.2 Å². The van der Waals surface area contributed by atoms with Crippen LogP contribution in [0.15, 0.2) is 17.5 Å². The molecule has 1 aromatic rings. The van der Waals surface area contributed by atoms with Gasteiger partial charge in [-0.15, -0.1) is 11.3 Å². The number of hydrogen-bond acceptors (Lipinski definition) is 3. The van der Waals surface area contributed by atoms with Crippen molar-refractivity contribution in [1.82, 2.24) is 5.32 Å². The van der Waals surface area contributed by atoms with Gasteiger partial charge in [-0.25, -0.2) is 0 Å². The van der Waals surface area contributed by atoms with Crippen molar-refractivity contribution < 1.29 is 4.21 Å². The Balaban J connectivity index is 2.12. The molecule has 0 aliphatic carbocycles. The molecule has 0 bridgehead atoms. The van der Waals surface area contributed by atoms with Gasteiger partial charge in [0.15, 0.2) is 0 Å². The minimum atomic E-state index is -0.696. The number of thiophene rings is 1. The smallest absolute Gasteiger partial charge is 0.0383 e. The first-order chi connectivity index (χ1) is 6.68. The Kier molecular flexibility index (Phi) is 5.37. The summed E-state index contributed by atoms with van der Waals surface area (Å²) in [6, 6.07) is 4.57. The molecule has 80 valence electrons. The van der Waals surface area contributed by atoms with Crippen LogP contribution in [0.25, 0.3) is 0 Å². The van der Waals surface area contributed by atoms with E-state index >= 15 is 0 Å². The van der Waals surface area contributed by atoms with Crippen molar-refractivity contribution in [1.29, 1.82) is 0 Å². The van der Waals surface area contributed by atoms with Gasteiger partial charge < -0.3 is 5.32 Å². The zero-order chi connectivity index (χ0) is 10.4. The van der Waals surface area contributed by atoms with Crippen LogP contribution in [0.4, 0.5) is 0 Å².